The number of benzene rings is 2. The van der Waals surface area contributed by atoms with Gasteiger partial charge in [-0.2, -0.15) is 0 Å². The van der Waals surface area contributed by atoms with Gasteiger partial charge in [-0.1, -0.05) is 28.9 Å². The fraction of sp³-hybridized carbons (Fsp3) is 0.133. The van der Waals surface area contributed by atoms with Crippen LogP contribution in [0.2, 0.25) is 0 Å². The van der Waals surface area contributed by atoms with Crippen LogP contribution in [0.3, 0.4) is 0 Å². The van der Waals surface area contributed by atoms with E-state index in [1.807, 2.05) is 19.1 Å². The summed E-state index contributed by atoms with van der Waals surface area (Å²) in [7, 11) is 0. The zero-order valence-electron chi connectivity index (χ0n) is 10.8. The van der Waals surface area contributed by atoms with Crippen molar-refractivity contribution in [1.82, 2.24) is 0 Å². The van der Waals surface area contributed by atoms with Crippen molar-refractivity contribution < 1.29 is 14.6 Å². The summed E-state index contributed by atoms with van der Waals surface area (Å²) < 4.78 is 6.64. The van der Waals surface area contributed by atoms with Crippen molar-refractivity contribution in [2.45, 2.75) is 11.8 Å². The third-order valence-corrected chi connectivity index (χ3v) is 4.01. The van der Waals surface area contributed by atoms with E-state index >= 15 is 0 Å². The summed E-state index contributed by atoms with van der Waals surface area (Å²) >= 11 is 4.84. The summed E-state index contributed by atoms with van der Waals surface area (Å²) in [5.74, 6) is 0.795. The van der Waals surface area contributed by atoms with Crippen LogP contribution in [-0.4, -0.2) is 16.8 Å². The van der Waals surface area contributed by atoms with Gasteiger partial charge in [0.05, 0.1) is 0 Å². The standard InChI is InChI=1S/C15H13BrO3S/c1-2-20-13-5-3-4-12(14(13)15(17)18)19-11-8-6-10(16)7-9-11/h3-9H,2H2,1H3,(H,17,18). The smallest absolute Gasteiger partial charge is 0.340 e. The van der Waals surface area contributed by atoms with E-state index < -0.39 is 5.97 Å². The molecule has 0 spiro atoms. The molecule has 2 aromatic carbocycles. The van der Waals surface area contributed by atoms with E-state index in [0.29, 0.717) is 11.5 Å². The topological polar surface area (TPSA) is 46.5 Å². The van der Waals surface area contributed by atoms with Crippen molar-refractivity contribution in [2.24, 2.45) is 0 Å². The van der Waals surface area contributed by atoms with Crippen LogP contribution in [-0.2, 0) is 0 Å². The summed E-state index contributed by atoms with van der Waals surface area (Å²) in [6.07, 6.45) is 0. The van der Waals surface area contributed by atoms with Crippen LogP contribution in [0, 0.1) is 0 Å². The second kappa shape index (κ2) is 6.81. The molecule has 1 N–H and O–H groups in total. The Morgan fingerprint density at radius 2 is 1.95 bits per heavy atom. The number of carbonyl (C=O) groups is 1. The van der Waals surface area contributed by atoms with Gasteiger partial charge in [-0.3, -0.25) is 0 Å². The first-order valence-corrected chi connectivity index (χ1v) is 7.82. The Bertz CT molecular complexity index is 611. The lowest BCUT2D eigenvalue weighted by molar-refractivity contribution is 0.0690. The first kappa shape index (κ1) is 14.9. The molecule has 0 bridgehead atoms. The Kier molecular flexibility index (Phi) is 5.09. The summed E-state index contributed by atoms with van der Waals surface area (Å²) in [5.41, 5.74) is 0.210. The normalized spacial score (nSPS) is 10.3. The van der Waals surface area contributed by atoms with Gasteiger partial charge in [-0.25, -0.2) is 4.79 Å². The van der Waals surface area contributed by atoms with E-state index in [1.165, 1.54) is 11.8 Å². The quantitative estimate of drug-likeness (QED) is 0.764. The lowest BCUT2D eigenvalue weighted by atomic mass is 10.2. The first-order valence-electron chi connectivity index (χ1n) is 6.04. The summed E-state index contributed by atoms with van der Waals surface area (Å²) in [4.78, 5) is 12.2. The average Bonchev–Trinajstić information content (AvgIpc) is 2.41. The summed E-state index contributed by atoms with van der Waals surface area (Å²) in [5, 5.41) is 9.39. The van der Waals surface area contributed by atoms with Crippen LogP contribution in [0.5, 0.6) is 11.5 Å². The van der Waals surface area contributed by atoms with Crippen LogP contribution in [0.25, 0.3) is 0 Å². The Labute approximate surface area is 130 Å². The van der Waals surface area contributed by atoms with E-state index in [0.717, 1.165) is 15.1 Å². The van der Waals surface area contributed by atoms with E-state index in [4.69, 9.17) is 4.74 Å². The Morgan fingerprint density at radius 1 is 1.25 bits per heavy atom. The fourth-order valence-corrected chi connectivity index (χ4v) is 2.79. The molecule has 0 radical (unpaired) electrons. The number of carboxylic acid groups (broad SMARTS) is 1. The van der Waals surface area contributed by atoms with Gasteiger partial charge in [-0.15, -0.1) is 11.8 Å². The van der Waals surface area contributed by atoms with Crippen molar-refractivity contribution in [3.63, 3.8) is 0 Å². The molecule has 0 aromatic heterocycles. The van der Waals surface area contributed by atoms with Crippen LogP contribution >= 0.6 is 27.7 Å². The molecular formula is C15H13BrO3S. The van der Waals surface area contributed by atoms with Gasteiger partial charge in [0.1, 0.15) is 17.1 Å². The van der Waals surface area contributed by atoms with Crippen molar-refractivity contribution in [2.75, 3.05) is 5.75 Å². The lowest BCUT2D eigenvalue weighted by Gasteiger charge is -2.12. The SMILES string of the molecule is CCSc1cccc(Oc2ccc(Br)cc2)c1C(=O)O. The molecule has 3 nitrogen and oxygen atoms in total. The van der Waals surface area contributed by atoms with Crippen LogP contribution in [0.4, 0.5) is 0 Å². The molecule has 0 amide bonds. The molecule has 5 heteroatoms. The van der Waals surface area contributed by atoms with Crippen molar-refractivity contribution in [3.8, 4) is 11.5 Å². The largest absolute Gasteiger partial charge is 0.478 e. The molecule has 20 heavy (non-hydrogen) atoms. The third kappa shape index (κ3) is 3.55. The maximum absolute atomic E-state index is 11.5. The predicted octanol–water partition coefficient (Wildman–Crippen LogP) is 5.05. The number of ether oxygens (including phenoxy) is 1. The zero-order chi connectivity index (χ0) is 14.5. The maximum atomic E-state index is 11.5. The third-order valence-electron chi connectivity index (χ3n) is 2.54. The highest BCUT2D eigenvalue weighted by Gasteiger charge is 2.17. The highest BCUT2D eigenvalue weighted by atomic mass is 79.9. The molecule has 0 aliphatic heterocycles. The summed E-state index contributed by atoms with van der Waals surface area (Å²) in [6, 6.07) is 12.5. The number of thioether (sulfide) groups is 1. The second-order valence-corrected chi connectivity index (χ2v) is 6.14. The number of halogens is 1. The van der Waals surface area contributed by atoms with Gasteiger partial charge in [-0.05, 0) is 42.2 Å². The number of carboxylic acids is 1. The van der Waals surface area contributed by atoms with E-state index in [9.17, 15) is 9.90 Å². The molecule has 2 rings (SSSR count). The van der Waals surface area contributed by atoms with Gasteiger partial charge < -0.3 is 9.84 Å². The molecule has 0 saturated carbocycles. The number of hydrogen-bond acceptors (Lipinski definition) is 3. The van der Waals surface area contributed by atoms with Crippen LogP contribution < -0.4 is 4.74 Å². The van der Waals surface area contributed by atoms with Gasteiger partial charge in [0, 0.05) is 9.37 Å². The van der Waals surface area contributed by atoms with Crippen LogP contribution in [0.15, 0.2) is 51.8 Å². The number of aromatic carboxylic acids is 1. The van der Waals surface area contributed by atoms with E-state index in [1.54, 1.807) is 30.3 Å². The second-order valence-electron chi connectivity index (χ2n) is 3.92. The minimum Gasteiger partial charge on any atom is -0.478 e. The van der Waals surface area contributed by atoms with Gasteiger partial charge >= 0.3 is 5.97 Å². The summed E-state index contributed by atoms with van der Waals surface area (Å²) in [6.45, 7) is 1.98. The fourth-order valence-electron chi connectivity index (χ4n) is 1.71. The van der Waals surface area contributed by atoms with Crippen molar-refractivity contribution in [1.29, 1.82) is 0 Å². The molecule has 0 saturated heterocycles. The lowest BCUT2D eigenvalue weighted by Crippen LogP contribution is -2.02. The maximum Gasteiger partial charge on any atom is 0.340 e. The monoisotopic (exact) mass is 352 g/mol. The van der Waals surface area contributed by atoms with Crippen molar-refractivity contribution >= 4 is 33.7 Å². The Balaban J connectivity index is 2.37. The van der Waals surface area contributed by atoms with Gasteiger partial charge in [0.2, 0.25) is 0 Å². The number of hydrogen-bond donors (Lipinski definition) is 1. The molecule has 0 aliphatic carbocycles. The van der Waals surface area contributed by atoms with E-state index in [-0.39, 0.29) is 5.56 Å². The Morgan fingerprint density at radius 3 is 2.55 bits per heavy atom. The highest BCUT2D eigenvalue weighted by molar-refractivity contribution is 9.10. The first-order chi connectivity index (χ1) is 9.61. The molecule has 2 aromatic rings. The predicted molar refractivity (Wildman–Crippen MR) is 84.0 cm³/mol. The molecule has 0 aliphatic rings. The van der Waals surface area contributed by atoms with Gasteiger partial charge in [0.15, 0.2) is 0 Å². The highest BCUT2D eigenvalue weighted by Crippen LogP contribution is 2.33. The number of rotatable bonds is 5. The average molecular weight is 353 g/mol. The molecule has 0 atom stereocenters. The van der Waals surface area contributed by atoms with E-state index in [2.05, 4.69) is 15.9 Å². The molecular weight excluding hydrogens is 340 g/mol. The molecule has 0 unspecified atom stereocenters. The molecule has 0 fully saturated rings. The Hall–Kier alpha value is -1.46. The van der Waals surface area contributed by atoms with Gasteiger partial charge in [0.25, 0.3) is 0 Å². The minimum absolute atomic E-state index is 0.210. The molecule has 104 valence electrons. The van der Waals surface area contributed by atoms with Crippen LogP contribution in [0.1, 0.15) is 17.3 Å². The zero-order valence-corrected chi connectivity index (χ0v) is 13.2. The van der Waals surface area contributed by atoms with Crippen molar-refractivity contribution in [3.05, 3.63) is 52.5 Å². The minimum atomic E-state index is -0.978. The molecule has 0 heterocycles.